The zero-order chi connectivity index (χ0) is 23.1. The summed E-state index contributed by atoms with van der Waals surface area (Å²) < 4.78 is 10.2. The molecule has 8 nitrogen and oxygen atoms in total. The van der Waals surface area contributed by atoms with Crippen molar-refractivity contribution in [3.05, 3.63) is 27.6 Å². The summed E-state index contributed by atoms with van der Waals surface area (Å²) in [7, 11) is 1.71. The van der Waals surface area contributed by atoms with Gasteiger partial charge in [-0.25, -0.2) is 4.79 Å². The van der Waals surface area contributed by atoms with E-state index in [1.807, 2.05) is 10.8 Å². The molecule has 0 bridgehead atoms. The van der Waals surface area contributed by atoms with Gasteiger partial charge in [-0.1, -0.05) is 12.2 Å². The minimum Gasteiger partial charge on any atom is -0.427 e. The van der Waals surface area contributed by atoms with Gasteiger partial charge in [0.25, 0.3) is 0 Å². The van der Waals surface area contributed by atoms with Gasteiger partial charge in [0, 0.05) is 23.6 Å². The first-order valence-electron chi connectivity index (χ1n) is 9.86. The summed E-state index contributed by atoms with van der Waals surface area (Å²) in [5.41, 5.74) is 1.50. The number of ether oxygens (including phenoxy) is 2. The number of carbonyl (C=O) groups is 3. The van der Waals surface area contributed by atoms with Gasteiger partial charge in [0.2, 0.25) is 12.7 Å². The number of thiophene rings is 1. The zero-order valence-electron chi connectivity index (χ0n) is 18.1. The molecule has 1 fully saturated rings. The van der Waals surface area contributed by atoms with Crippen molar-refractivity contribution in [3.8, 4) is 0 Å². The van der Waals surface area contributed by atoms with Crippen LogP contribution >= 0.6 is 23.6 Å². The third kappa shape index (κ3) is 4.24. The molecule has 0 aliphatic carbocycles. The molecule has 3 atom stereocenters. The van der Waals surface area contributed by atoms with Crippen LogP contribution in [0.15, 0.2) is 16.5 Å². The molecule has 2 N–H and O–H groups in total. The van der Waals surface area contributed by atoms with E-state index in [2.05, 4.69) is 5.32 Å². The van der Waals surface area contributed by atoms with E-state index >= 15 is 0 Å². The zero-order valence-corrected chi connectivity index (χ0v) is 19.7. The van der Waals surface area contributed by atoms with Crippen LogP contribution in [-0.2, 0) is 23.9 Å². The number of carbonyl (C=O) groups excluding carboxylic acids is 3. The fraction of sp³-hybridized carbons (Fsp3) is 0.524. The number of aliphatic hydroxyl groups excluding tert-OH is 1. The largest absolute Gasteiger partial charge is 0.427 e. The number of aliphatic hydroxyl groups is 1. The Labute approximate surface area is 190 Å². The van der Waals surface area contributed by atoms with Crippen molar-refractivity contribution in [1.29, 1.82) is 0 Å². The summed E-state index contributed by atoms with van der Waals surface area (Å²) in [5, 5.41) is 16.7. The monoisotopic (exact) mass is 466 g/mol. The molecule has 2 unspecified atom stereocenters. The Morgan fingerprint density at radius 1 is 1.35 bits per heavy atom. The van der Waals surface area contributed by atoms with Gasteiger partial charge in [-0.3, -0.25) is 9.59 Å². The van der Waals surface area contributed by atoms with Crippen LogP contribution in [0.3, 0.4) is 0 Å². The molecule has 1 amide bonds. The molecule has 3 heterocycles. The highest BCUT2D eigenvalue weighted by Crippen LogP contribution is 2.48. The van der Waals surface area contributed by atoms with Crippen molar-refractivity contribution in [3.63, 3.8) is 0 Å². The molecule has 1 aromatic rings. The van der Waals surface area contributed by atoms with Crippen molar-refractivity contribution in [2.45, 2.75) is 46.3 Å². The van der Waals surface area contributed by atoms with Crippen molar-refractivity contribution in [2.75, 3.05) is 13.8 Å². The number of fused-ring (bicyclic) bond motifs is 1. The second-order valence-electron chi connectivity index (χ2n) is 8.58. The Morgan fingerprint density at radius 2 is 2.03 bits per heavy atom. The van der Waals surface area contributed by atoms with Crippen molar-refractivity contribution in [2.24, 2.45) is 11.3 Å². The first kappa shape index (κ1) is 23.4. The number of rotatable bonds is 6. The average molecular weight is 467 g/mol. The number of esters is 2. The lowest BCUT2D eigenvalue weighted by molar-refractivity contribution is -0.175. The third-order valence-electron chi connectivity index (χ3n) is 5.37. The second kappa shape index (κ2) is 8.68. The molecule has 0 radical (unpaired) electrons. The maximum absolute atomic E-state index is 13.0. The minimum atomic E-state index is -0.835. The van der Waals surface area contributed by atoms with E-state index in [-0.39, 0.29) is 17.6 Å². The summed E-state index contributed by atoms with van der Waals surface area (Å²) in [6.07, 6.45) is -0.442. The molecule has 2 aliphatic rings. The Morgan fingerprint density at radius 3 is 2.61 bits per heavy atom. The van der Waals surface area contributed by atoms with Crippen LogP contribution in [0.4, 0.5) is 0 Å². The van der Waals surface area contributed by atoms with Crippen LogP contribution < -0.4 is 5.32 Å². The van der Waals surface area contributed by atoms with E-state index in [1.54, 1.807) is 34.7 Å². The van der Waals surface area contributed by atoms with Crippen molar-refractivity contribution >= 4 is 52.0 Å². The van der Waals surface area contributed by atoms with Crippen LogP contribution in [0.2, 0.25) is 0 Å². The Hall–Kier alpha value is -2.30. The predicted octanol–water partition coefficient (Wildman–Crippen LogP) is 2.06. The maximum Gasteiger partial charge on any atom is 0.358 e. The van der Waals surface area contributed by atoms with Gasteiger partial charge in [0.1, 0.15) is 10.7 Å². The molecule has 31 heavy (non-hydrogen) atoms. The van der Waals surface area contributed by atoms with Gasteiger partial charge in [-0.15, -0.1) is 0 Å². The average Bonchev–Trinajstić information content (AvgIpc) is 3.28. The fourth-order valence-electron chi connectivity index (χ4n) is 3.76. The first-order valence-corrected chi connectivity index (χ1v) is 11.2. The summed E-state index contributed by atoms with van der Waals surface area (Å²) >= 11 is 6.81. The van der Waals surface area contributed by atoms with Gasteiger partial charge in [-0.05, 0) is 45.1 Å². The van der Waals surface area contributed by atoms with Gasteiger partial charge in [0.15, 0.2) is 0 Å². The highest BCUT2D eigenvalue weighted by molar-refractivity contribution is 7.80. The molecule has 0 aromatic carbocycles. The molecule has 0 spiro atoms. The minimum absolute atomic E-state index is 0.109. The lowest BCUT2D eigenvalue weighted by Crippen LogP contribution is -2.61. The number of nitrogens with zero attached hydrogens (tertiary/aromatic N) is 1. The molecule has 10 heteroatoms. The first-order chi connectivity index (χ1) is 14.5. The number of thiocarbonyl (C=S) groups is 1. The van der Waals surface area contributed by atoms with Crippen molar-refractivity contribution in [1.82, 2.24) is 10.2 Å². The van der Waals surface area contributed by atoms with Crippen LogP contribution in [0.5, 0.6) is 0 Å². The van der Waals surface area contributed by atoms with Crippen LogP contribution in [-0.4, -0.2) is 58.8 Å². The smallest absolute Gasteiger partial charge is 0.358 e. The lowest BCUT2D eigenvalue weighted by Gasteiger charge is -2.44. The molecule has 2 aliphatic heterocycles. The Kier molecular flexibility index (Phi) is 6.54. The van der Waals surface area contributed by atoms with Crippen LogP contribution in [0, 0.1) is 11.3 Å². The molecular weight excluding hydrogens is 440 g/mol. The molecule has 3 rings (SSSR count). The topological polar surface area (TPSA) is 105 Å². The fourth-order valence-corrected chi connectivity index (χ4v) is 4.86. The molecule has 0 saturated carbocycles. The third-order valence-corrected chi connectivity index (χ3v) is 6.54. The van der Waals surface area contributed by atoms with E-state index in [0.717, 1.165) is 11.1 Å². The molecule has 1 saturated heterocycles. The summed E-state index contributed by atoms with van der Waals surface area (Å²) in [4.78, 5) is 39.5. The number of β-lactam (4-membered cyclic amide) rings is 1. The van der Waals surface area contributed by atoms with E-state index in [0.29, 0.717) is 17.0 Å². The van der Waals surface area contributed by atoms with Crippen LogP contribution in [0.25, 0.3) is 5.57 Å². The van der Waals surface area contributed by atoms with Gasteiger partial charge < -0.3 is 24.8 Å². The van der Waals surface area contributed by atoms with Gasteiger partial charge in [-0.2, -0.15) is 11.3 Å². The summed E-state index contributed by atoms with van der Waals surface area (Å²) in [5.74, 6) is -2.18. The molecule has 1 aromatic heterocycles. The van der Waals surface area contributed by atoms with E-state index in [4.69, 9.17) is 21.7 Å². The molecule has 168 valence electrons. The predicted molar refractivity (Wildman–Crippen MR) is 119 cm³/mol. The number of hydrogen-bond donors (Lipinski definition) is 2. The standard InChI is InChI=1S/C21H26N2O6S2/c1-10(24)15-14-6-11(12-7-31-8-13(12)17(30)22-5)16(23(14)18(15)25)19(26)28-9-29-20(27)21(2,3)4/h7-8,10,14-15,24H,6,9H2,1-5H3,(H,22,30)/t10-,14?,15?/m1/s1. The Balaban J connectivity index is 1.90. The number of amides is 1. The second-order valence-corrected chi connectivity index (χ2v) is 9.73. The lowest BCUT2D eigenvalue weighted by atomic mass is 9.82. The Bertz CT molecular complexity index is 959. The van der Waals surface area contributed by atoms with Crippen molar-refractivity contribution < 1.29 is 29.0 Å². The maximum atomic E-state index is 13.0. The SMILES string of the molecule is CNC(=S)c1cscc1C1=C(C(=O)OCOC(=O)C(C)(C)C)N2C(=O)C([C@@H](C)O)C2C1. The van der Waals surface area contributed by atoms with E-state index in [9.17, 15) is 19.5 Å². The van der Waals surface area contributed by atoms with Crippen LogP contribution in [0.1, 0.15) is 45.2 Å². The highest BCUT2D eigenvalue weighted by Gasteiger charge is 2.57. The summed E-state index contributed by atoms with van der Waals surface area (Å²) in [6.45, 7) is 6.09. The van der Waals surface area contributed by atoms with E-state index in [1.165, 1.54) is 16.2 Å². The van der Waals surface area contributed by atoms with E-state index < -0.39 is 36.2 Å². The quantitative estimate of drug-likeness (QED) is 0.284. The normalized spacial score (nSPS) is 21.4. The highest BCUT2D eigenvalue weighted by atomic mass is 32.1. The summed E-state index contributed by atoms with van der Waals surface area (Å²) in [6, 6.07) is -0.335. The number of hydrogen-bond acceptors (Lipinski definition) is 8. The van der Waals surface area contributed by atoms with Gasteiger partial charge in [0.05, 0.1) is 23.5 Å². The number of nitrogens with one attached hydrogen (secondary N) is 1. The van der Waals surface area contributed by atoms with Gasteiger partial charge >= 0.3 is 11.9 Å². The molecular formula is C21H26N2O6S2.